The van der Waals surface area contributed by atoms with Gasteiger partial charge in [0, 0.05) is 26.2 Å². The zero-order chi connectivity index (χ0) is 15.5. The van der Waals surface area contributed by atoms with Gasteiger partial charge < -0.3 is 9.80 Å². The highest BCUT2D eigenvalue weighted by atomic mass is 16.2. The Bertz CT molecular complexity index is 495. The van der Waals surface area contributed by atoms with E-state index in [1.807, 2.05) is 4.90 Å². The lowest BCUT2D eigenvalue weighted by Gasteiger charge is -2.34. The molecule has 2 saturated heterocycles. The number of piperidine rings is 1. The van der Waals surface area contributed by atoms with Crippen molar-refractivity contribution in [2.45, 2.75) is 51.4 Å². The number of amides is 2. The highest BCUT2D eigenvalue weighted by molar-refractivity contribution is 5.74. The summed E-state index contributed by atoms with van der Waals surface area (Å²) in [6.07, 6.45) is 4.54. The van der Waals surface area contributed by atoms with Gasteiger partial charge in [-0.05, 0) is 48.6 Å². The first-order chi connectivity index (χ1) is 10.6. The van der Waals surface area contributed by atoms with Gasteiger partial charge in [0.1, 0.15) is 0 Å². The fraction of sp³-hybridized carbons (Fsp3) is 0.632. The molecule has 2 heterocycles. The van der Waals surface area contributed by atoms with E-state index in [-0.39, 0.29) is 6.03 Å². The van der Waals surface area contributed by atoms with E-state index in [0.717, 1.165) is 39.0 Å². The van der Waals surface area contributed by atoms with Gasteiger partial charge in [-0.2, -0.15) is 0 Å². The van der Waals surface area contributed by atoms with E-state index >= 15 is 0 Å². The van der Waals surface area contributed by atoms with Crippen molar-refractivity contribution in [3.05, 3.63) is 35.4 Å². The van der Waals surface area contributed by atoms with Gasteiger partial charge in [0.25, 0.3) is 0 Å². The van der Waals surface area contributed by atoms with Crippen molar-refractivity contribution in [1.29, 1.82) is 0 Å². The molecule has 0 saturated carbocycles. The summed E-state index contributed by atoms with van der Waals surface area (Å²) < 4.78 is 0. The Labute approximate surface area is 134 Å². The third-order valence-corrected chi connectivity index (χ3v) is 5.22. The smallest absolute Gasteiger partial charge is 0.319 e. The van der Waals surface area contributed by atoms with Crippen molar-refractivity contribution in [2.75, 3.05) is 26.2 Å². The maximum absolute atomic E-state index is 12.4. The van der Waals surface area contributed by atoms with Gasteiger partial charge in [-0.15, -0.1) is 0 Å². The molecule has 0 atom stereocenters. The number of urea groups is 1. The molecule has 0 aliphatic carbocycles. The fourth-order valence-electron chi connectivity index (χ4n) is 3.67. The zero-order valence-corrected chi connectivity index (χ0v) is 13.9. The summed E-state index contributed by atoms with van der Waals surface area (Å²) in [4.78, 5) is 16.5. The Morgan fingerprint density at radius 3 is 2.05 bits per heavy atom. The molecular weight excluding hydrogens is 272 g/mol. The van der Waals surface area contributed by atoms with E-state index in [4.69, 9.17) is 0 Å². The molecule has 3 heteroatoms. The van der Waals surface area contributed by atoms with Crippen LogP contribution in [0.1, 0.15) is 62.5 Å². The topological polar surface area (TPSA) is 23.6 Å². The van der Waals surface area contributed by atoms with Crippen molar-refractivity contribution < 1.29 is 4.79 Å². The lowest BCUT2D eigenvalue weighted by Crippen LogP contribution is -2.45. The predicted octanol–water partition coefficient (Wildman–Crippen LogP) is 4.21. The molecular formula is C19H28N2O. The molecule has 0 bridgehead atoms. The zero-order valence-electron chi connectivity index (χ0n) is 13.9. The Hall–Kier alpha value is -1.51. The molecule has 0 spiro atoms. The van der Waals surface area contributed by atoms with Crippen LogP contribution in [-0.2, 0) is 0 Å². The molecule has 1 aromatic rings. The van der Waals surface area contributed by atoms with Crippen LogP contribution in [-0.4, -0.2) is 42.0 Å². The summed E-state index contributed by atoms with van der Waals surface area (Å²) >= 11 is 0. The summed E-state index contributed by atoms with van der Waals surface area (Å²) in [6, 6.07) is 9.38. The van der Waals surface area contributed by atoms with Gasteiger partial charge in [-0.3, -0.25) is 0 Å². The molecule has 1 aromatic carbocycles. The molecule has 0 radical (unpaired) electrons. The SMILES string of the molecule is CC(C)c1ccc(C2CCN(C(=O)N3CCCC3)CC2)cc1. The summed E-state index contributed by atoms with van der Waals surface area (Å²) in [6.45, 7) is 8.19. The number of hydrogen-bond acceptors (Lipinski definition) is 1. The third-order valence-electron chi connectivity index (χ3n) is 5.22. The van der Waals surface area contributed by atoms with Crippen molar-refractivity contribution in [1.82, 2.24) is 9.80 Å². The maximum atomic E-state index is 12.4. The molecule has 120 valence electrons. The second-order valence-electron chi connectivity index (χ2n) is 7.06. The number of rotatable bonds is 2. The highest BCUT2D eigenvalue weighted by Gasteiger charge is 2.28. The van der Waals surface area contributed by atoms with Crippen molar-refractivity contribution >= 4 is 6.03 Å². The Morgan fingerprint density at radius 1 is 0.955 bits per heavy atom. The second kappa shape index (κ2) is 6.72. The average Bonchev–Trinajstić information content (AvgIpc) is 3.09. The monoisotopic (exact) mass is 300 g/mol. The molecule has 22 heavy (non-hydrogen) atoms. The quantitative estimate of drug-likeness (QED) is 0.802. The average molecular weight is 300 g/mol. The lowest BCUT2D eigenvalue weighted by atomic mass is 9.88. The molecule has 3 rings (SSSR count). The van der Waals surface area contributed by atoms with Crippen molar-refractivity contribution in [3.8, 4) is 0 Å². The van der Waals surface area contributed by atoms with Crippen LogP contribution >= 0.6 is 0 Å². The second-order valence-corrected chi connectivity index (χ2v) is 7.06. The number of benzene rings is 1. The van der Waals surface area contributed by atoms with Crippen LogP contribution in [0.25, 0.3) is 0 Å². The van der Waals surface area contributed by atoms with Gasteiger partial charge in [0.2, 0.25) is 0 Å². The summed E-state index contributed by atoms with van der Waals surface area (Å²) in [5.41, 5.74) is 2.85. The molecule has 3 nitrogen and oxygen atoms in total. The van der Waals surface area contributed by atoms with Crippen LogP contribution in [0.2, 0.25) is 0 Å². The van der Waals surface area contributed by atoms with E-state index in [0.29, 0.717) is 11.8 Å². The Balaban J connectivity index is 1.55. The van der Waals surface area contributed by atoms with Crippen LogP contribution in [0.4, 0.5) is 4.79 Å². The van der Waals surface area contributed by atoms with E-state index in [2.05, 4.69) is 43.0 Å². The van der Waals surface area contributed by atoms with Gasteiger partial charge in [-0.1, -0.05) is 38.1 Å². The van der Waals surface area contributed by atoms with Gasteiger partial charge in [0.15, 0.2) is 0 Å². The van der Waals surface area contributed by atoms with E-state index in [1.54, 1.807) is 0 Å². The molecule has 0 aromatic heterocycles. The Morgan fingerprint density at radius 2 is 1.50 bits per heavy atom. The van der Waals surface area contributed by atoms with Gasteiger partial charge >= 0.3 is 6.03 Å². The summed E-state index contributed by atoms with van der Waals surface area (Å²) in [5, 5.41) is 0. The number of carbonyl (C=O) groups excluding carboxylic acids is 1. The fourth-order valence-corrected chi connectivity index (χ4v) is 3.67. The number of nitrogens with zero attached hydrogens (tertiary/aromatic N) is 2. The highest BCUT2D eigenvalue weighted by Crippen LogP contribution is 2.29. The van der Waals surface area contributed by atoms with Crippen LogP contribution < -0.4 is 0 Å². The van der Waals surface area contributed by atoms with Gasteiger partial charge in [0.05, 0.1) is 0 Å². The molecule has 2 aliphatic rings. The van der Waals surface area contributed by atoms with Crippen molar-refractivity contribution in [2.24, 2.45) is 0 Å². The summed E-state index contributed by atoms with van der Waals surface area (Å²) in [5.74, 6) is 1.21. The first kappa shape index (κ1) is 15.4. The summed E-state index contributed by atoms with van der Waals surface area (Å²) in [7, 11) is 0. The van der Waals surface area contributed by atoms with E-state index in [1.165, 1.54) is 24.0 Å². The number of hydrogen-bond donors (Lipinski definition) is 0. The van der Waals surface area contributed by atoms with Gasteiger partial charge in [-0.25, -0.2) is 4.79 Å². The molecule has 2 fully saturated rings. The minimum Gasteiger partial charge on any atom is -0.325 e. The third kappa shape index (κ3) is 3.29. The number of likely N-dealkylation sites (tertiary alicyclic amines) is 2. The first-order valence-electron chi connectivity index (χ1n) is 8.79. The molecule has 2 amide bonds. The van der Waals surface area contributed by atoms with Crippen molar-refractivity contribution in [3.63, 3.8) is 0 Å². The van der Waals surface area contributed by atoms with Crippen LogP contribution in [0.5, 0.6) is 0 Å². The standard InChI is InChI=1S/C19H28N2O/c1-15(2)16-5-7-17(8-6-16)18-9-13-21(14-10-18)19(22)20-11-3-4-12-20/h5-8,15,18H,3-4,9-14H2,1-2H3. The minimum atomic E-state index is 0.270. The first-order valence-corrected chi connectivity index (χ1v) is 8.79. The van der Waals surface area contributed by atoms with Crippen LogP contribution in [0, 0.1) is 0 Å². The maximum Gasteiger partial charge on any atom is 0.319 e. The van der Waals surface area contributed by atoms with E-state index in [9.17, 15) is 4.79 Å². The van der Waals surface area contributed by atoms with Crippen LogP contribution in [0.15, 0.2) is 24.3 Å². The Kier molecular flexibility index (Phi) is 4.70. The van der Waals surface area contributed by atoms with E-state index < -0.39 is 0 Å². The normalized spacial score (nSPS) is 20.0. The molecule has 0 N–H and O–H groups in total. The minimum absolute atomic E-state index is 0.270. The number of carbonyl (C=O) groups is 1. The lowest BCUT2D eigenvalue weighted by molar-refractivity contribution is 0.148. The largest absolute Gasteiger partial charge is 0.325 e. The molecule has 0 unspecified atom stereocenters. The predicted molar refractivity (Wildman–Crippen MR) is 90.3 cm³/mol. The van der Waals surface area contributed by atoms with Crippen LogP contribution in [0.3, 0.4) is 0 Å². The molecule has 2 aliphatic heterocycles.